The molecule has 0 aliphatic carbocycles. The van der Waals surface area contributed by atoms with Crippen LogP contribution in [0.15, 0.2) is 72.3 Å². The third-order valence-corrected chi connectivity index (χ3v) is 5.93. The molecule has 0 saturated heterocycles. The predicted octanol–water partition coefficient (Wildman–Crippen LogP) is 5.62. The van der Waals surface area contributed by atoms with Crippen LogP contribution in [0.4, 0.5) is 5.13 Å². The fourth-order valence-electron chi connectivity index (χ4n) is 3.31. The molecule has 4 aromatic rings. The zero-order valence-corrected chi connectivity index (χ0v) is 20.1. The van der Waals surface area contributed by atoms with Gasteiger partial charge in [0.2, 0.25) is 0 Å². The van der Waals surface area contributed by atoms with Crippen molar-refractivity contribution in [1.29, 1.82) is 5.26 Å². The SMILES string of the molecule is COc1cc(/C=C(\C#N)C(=O)Nc2nc3ccccc3s2)ccc1OCCOc1cccc(C)c1. The molecule has 3 aromatic carbocycles. The van der Waals surface area contributed by atoms with Crippen molar-refractivity contribution in [3.8, 4) is 23.3 Å². The number of aromatic nitrogens is 1. The second-order valence-corrected chi connectivity index (χ2v) is 8.57. The highest BCUT2D eigenvalue weighted by Crippen LogP contribution is 2.29. The molecule has 0 bridgehead atoms. The Balaban J connectivity index is 1.40. The zero-order valence-electron chi connectivity index (χ0n) is 19.3. The number of hydrogen-bond acceptors (Lipinski definition) is 7. The molecule has 0 radical (unpaired) electrons. The Kier molecular flexibility index (Phi) is 7.60. The summed E-state index contributed by atoms with van der Waals surface area (Å²) in [5, 5.41) is 12.7. The van der Waals surface area contributed by atoms with Crippen LogP contribution in [-0.4, -0.2) is 31.2 Å². The highest BCUT2D eigenvalue weighted by molar-refractivity contribution is 7.22. The van der Waals surface area contributed by atoms with Crippen LogP contribution in [0.5, 0.6) is 17.2 Å². The molecule has 1 heterocycles. The van der Waals surface area contributed by atoms with Gasteiger partial charge in [0, 0.05) is 0 Å². The number of fused-ring (bicyclic) bond motifs is 1. The fraction of sp³-hybridized carbons (Fsp3) is 0.148. The average molecular weight is 486 g/mol. The van der Waals surface area contributed by atoms with Crippen LogP contribution in [0.2, 0.25) is 0 Å². The van der Waals surface area contributed by atoms with Gasteiger partial charge in [-0.2, -0.15) is 5.26 Å². The highest BCUT2D eigenvalue weighted by atomic mass is 32.1. The maximum atomic E-state index is 12.7. The molecule has 0 atom stereocenters. The van der Waals surface area contributed by atoms with Crippen LogP contribution in [0.3, 0.4) is 0 Å². The van der Waals surface area contributed by atoms with E-state index in [1.54, 1.807) is 18.2 Å². The molecule has 176 valence electrons. The van der Waals surface area contributed by atoms with Crippen LogP contribution in [0.25, 0.3) is 16.3 Å². The van der Waals surface area contributed by atoms with Crippen molar-refractivity contribution in [2.45, 2.75) is 6.92 Å². The van der Waals surface area contributed by atoms with Gasteiger partial charge in [0.1, 0.15) is 30.6 Å². The Bertz CT molecular complexity index is 1390. The van der Waals surface area contributed by atoms with E-state index in [2.05, 4.69) is 10.3 Å². The fourth-order valence-corrected chi connectivity index (χ4v) is 4.18. The number of thiazole rings is 1. The van der Waals surface area contributed by atoms with Crippen LogP contribution >= 0.6 is 11.3 Å². The van der Waals surface area contributed by atoms with E-state index in [0.717, 1.165) is 21.5 Å². The van der Waals surface area contributed by atoms with Gasteiger partial charge in [-0.1, -0.05) is 41.7 Å². The number of carbonyl (C=O) groups is 1. The van der Waals surface area contributed by atoms with Gasteiger partial charge in [-0.25, -0.2) is 4.98 Å². The molecule has 0 unspecified atom stereocenters. The lowest BCUT2D eigenvalue weighted by Crippen LogP contribution is -2.13. The van der Waals surface area contributed by atoms with Crippen molar-refractivity contribution in [2.24, 2.45) is 0 Å². The van der Waals surface area contributed by atoms with Gasteiger partial charge in [0.15, 0.2) is 16.6 Å². The first-order chi connectivity index (χ1) is 17.1. The largest absolute Gasteiger partial charge is 0.493 e. The van der Waals surface area contributed by atoms with Crippen LogP contribution in [0, 0.1) is 18.3 Å². The summed E-state index contributed by atoms with van der Waals surface area (Å²) >= 11 is 1.35. The number of nitrogens with one attached hydrogen (secondary N) is 1. The van der Waals surface area contributed by atoms with E-state index >= 15 is 0 Å². The maximum absolute atomic E-state index is 12.7. The standard InChI is InChI=1S/C27H23N3O4S/c1-18-6-5-7-21(14-18)33-12-13-34-23-11-10-19(16-24(23)32-2)15-20(17-28)26(31)30-27-29-22-8-3-4-9-25(22)35-27/h3-11,14-16H,12-13H2,1-2H3,(H,29,30,31)/b20-15+. The summed E-state index contributed by atoms with van der Waals surface area (Å²) in [7, 11) is 1.53. The summed E-state index contributed by atoms with van der Waals surface area (Å²) in [4.78, 5) is 17.0. The molecule has 0 saturated carbocycles. The molecule has 8 heteroatoms. The smallest absolute Gasteiger partial charge is 0.268 e. The molecular formula is C27H23N3O4S. The Morgan fingerprint density at radius 3 is 2.66 bits per heavy atom. The zero-order chi connectivity index (χ0) is 24.6. The number of ether oxygens (including phenoxy) is 3. The number of carbonyl (C=O) groups excluding carboxylic acids is 1. The molecule has 4 rings (SSSR count). The Morgan fingerprint density at radius 1 is 1.06 bits per heavy atom. The Morgan fingerprint density at radius 2 is 1.89 bits per heavy atom. The molecule has 0 aliphatic heterocycles. The van der Waals surface area contributed by atoms with Crippen LogP contribution < -0.4 is 19.5 Å². The van der Waals surface area contributed by atoms with E-state index in [4.69, 9.17) is 14.2 Å². The normalized spacial score (nSPS) is 11.1. The average Bonchev–Trinajstić information content (AvgIpc) is 3.27. The van der Waals surface area contributed by atoms with Gasteiger partial charge in [-0.3, -0.25) is 10.1 Å². The predicted molar refractivity (Wildman–Crippen MR) is 137 cm³/mol. The van der Waals surface area contributed by atoms with E-state index < -0.39 is 5.91 Å². The number of amides is 1. The first kappa shape index (κ1) is 23.8. The molecule has 0 spiro atoms. The molecule has 1 amide bonds. The van der Waals surface area contributed by atoms with Crippen molar-refractivity contribution in [3.63, 3.8) is 0 Å². The van der Waals surface area contributed by atoms with E-state index in [0.29, 0.717) is 35.4 Å². The lowest BCUT2D eigenvalue weighted by Gasteiger charge is -2.12. The van der Waals surface area contributed by atoms with Gasteiger partial charge in [0.25, 0.3) is 5.91 Å². The Hall–Kier alpha value is -4.35. The first-order valence-electron chi connectivity index (χ1n) is 10.8. The van der Waals surface area contributed by atoms with E-state index in [1.165, 1.54) is 24.5 Å². The molecule has 7 nitrogen and oxygen atoms in total. The molecule has 1 N–H and O–H groups in total. The van der Waals surface area contributed by atoms with E-state index in [9.17, 15) is 10.1 Å². The number of para-hydroxylation sites is 1. The van der Waals surface area contributed by atoms with Gasteiger partial charge in [0.05, 0.1) is 17.3 Å². The van der Waals surface area contributed by atoms with Gasteiger partial charge < -0.3 is 14.2 Å². The number of nitrogens with zero attached hydrogens (tertiary/aromatic N) is 2. The number of aryl methyl sites for hydroxylation is 1. The van der Waals surface area contributed by atoms with Gasteiger partial charge in [-0.15, -0.1) is 0 Å². The minimum absolute atomic E-state index is 0.0495. The van der Waals surface area contributed by atoms with E-state index in [1.807, 2.05) is 61.5 Å². The number of nitriles is 1. The van der Waals surface area contributed by atoms with Crippen molar-refractivity contribution in [2.75, 3.05) is 25.6 Å². The maximum Gasteiger partial charge on any atom is 0.268 e. The summed E-state index contributed by atoms with van der Waals surface area (Å²) in [6.45, 7) is 2.71. The molecule has 1 aromatic heterocycles. The number of hydrogen-bond donors (Lipinski definition) is 1. The highest BCUT2D eigenvalue weighted by Gasteiger charge is 2.13. The van der Waals surface area contributed by atoms with Crippen molar-refractivity contribution in [3.05, 3.63) is 83.4 Å². The quantitative estimate of drug-likeness (QED) is 0.188. The second kappa shape index (κ2) is 11.2. The lowest BCUT2D eigenvalue weighted by molar-refractivity contribution is -0.112. The molecule has 35 heavy (non-hydrogen) atoms. The lowest BCUT2D eigenvalue weighted by atomic mass is 10.1. The summed E-state index contributed by atoms with van der Waals surface area (Å²) < 4.78 is 17.9. The topological polar surface area (TPSA) is 93.5 Å². The summed E-state index contributed by atoms with van der Waals surface area (Å²) in [5.74, 6) is 1.28. The van der Waals surface area contributed by atoms with E-state index in [-0.39, 0.29) is 5.57 Å². The number of benzene rings is 3. The summed E-state index contributed by atoms with van der Waals surface area (Å²) in [6, 6.07) is 22.5. The van der Waals surface area contributed by atoms with Crippen LogP contribution in [-0.2, 0) is 4.79 Å². The van der Waals surface area contributed by atoms with Crippen LogP contribution in [0.1, 0.15) is 11.1 Å². The van der Waals surface area contributed by atoms with Crippen molar-refractivity contribution in [1.82, 2.24) is 4.98 Å². The Labute approximate surface area is 207 Å². The third-order valence-electron chi connectivity index (χ3n) is 4.98. The minimum Gasteiger partial charge on any atom is -0.493 e. The molecular weight excluding hydrogens is 462 g/mol. The third kappa shape index (κ3) is 6.16. The van der Waals surface area contributed by atoms with Crippen molar-refractivity contribution >= 4 is 38.7 Å². The van der Waals surface area contributed by atoms with Gasteiger partial charge in [-0.05, 0) is 60.5 Å². The summed E-state index contributed by atoms with van der Waals surface area (Å²) in [6.07, 6.45) is 1.50. The number of anilines is 1. The van der Waals surface area contributed by atoms with Gasteiger partial charge >= 0.3 is 0 Å². The summed E-state index contributed by atoms with van der Waals surface area (Å²) in [5.41, 5.74) is 2.49. The first-order valence-corrected chi connectivity index (χ1v) is 11.7. The van der Waals surface area contributed by atoms with Crippen molar-refractivity contribution < 1.29 is 19.0 Å². The molecule has 0 fully saturated rings. The second-order valence-electron chi connectivity index (χ2n) is 7.53. The number of methoxy groups -OCH3 is 1. The minimum atomic E-state index is -0.529. The molecule has 0 aliphatic rings. The monoisotopic (exact) mass is 485 g/mol. The number of rotatable bonds is 9.